The van der Waals surface area contributed by atoms with E-state index in [0.29, 0.717) is 12.1 Å². The van der Waals surface area contributed by atoms with Gasteiger partial charge in [0, 0.05) is 23.1 Å². The molecular formula is C26H27F6IN4O4. The molecule has 2 aliphatic heterocycles. The molecular weight excluding hydrogens is 673 g/mol. The Morgan fingerprint density at radius 3 is 2.27 bits per heavy atom. The van der Waals surface area contributed by atoms with E-state index in [1.807, 2.05) is 24.3 Å². The molecule has 2 aromatic rings. The molecule has 2 fully saturated rings. The fraction of sp³-hybridized carbons (Fsp3) is 0.462. The highest BCUT2D eigenvalue weighted by Crippen LogP contribution is 2.37. The largest absolute Gasteiger partial charge is 0.416 e. The number of alkyl halides is 6. The Bertz CT molecular complexity index is 1250. The number of amides is 2. The van der Waals surface area contributed by atoms with Crippen molar-refractivity contribution < 1.29 is 45.8 Å². The van der Waals surface area contributed by atoms with Crippen molar-refractivity contribution in [1.29, 1.82) is 0 Å². The number of aliphatic hydroxyl groups excluding tert-OH is 1. The van der Waals surface area contributed by atoms with Crippen molar-refractivity contribution >= 4 is 34.4 Å². The van der Waals surface area contributed by atoms with Crippen LogP contribution in [-0.4, -0.2) is 69.9 Å². The van der Waals surface area contributed by atoms with Gasteiger partial charge in [-0.3, -0.25) is 9.59 Å². The van der Waals surface area contributed by atoms with Gasteiger partial charge in [0.05, 0.1) is 24.3 Å². The van der Waals surface area contributed by atoms with E-state index in [1.54, 1.807) is 0 Å². The van der Waals surface area contributed by atoms with Gasteiger partial charge in [-0.15, -0.1) is 0 Å². The van der Waals surface area contributed by atoms with Gasteiger partial charge in [0.15, 0.2) is 0 Å². The SMILES string of the molecule is NCC[C@H]1C(=O)N(Cc2cccc(I)c2)C[C@@H]2N(C(O)OCc3cc(C(F)(F)F)cc(C(F)(F)F)c3)CCC(=O)N21. The van der Waals surface area contributed by atoms with Crippen LogP contribution in [0.25, 0.3) is 0 Å². The highest BCUT2D eigenvalue weighted by Gasteiger charge is 2.48. The summed E-state index contributed by atoms with van der Waals surface area (Å²) in [7, 11) is 0. The number of halogens is 7. The third-order valence-electron chi connectivity index (χ3n) is 6.92. The molecule has 41 heavy (non-hydrogen) atoms. The lowest BCUT2D eigenvalue weighted by molar-refractivity contribution is -0.245. The average molecular weight is 700 g/mol. The summed E-state index contributed by atoms with van der Waals surface area (Å²) in [5, 5.41) is 10.9. The minimum Gasteiger partial charge on any atom is -0.356 e. The fourth-order valence-electron chi connectivity index (χ4n) is 5.07. The van der Waals surface area contributed by atoms with Crippen molar-refractivity contribution in [3.8, 4) is 0 Å². The molecule has 8 nitrogen and oxygen atoms in total. The Kier molecular flexibility index (Phi) is 9.52. The van der Waals surface area contributed by atoms with Gasteiger partial charge in [-0.25, -0.2) is 4.90 Å². The van der Waals surface area contributed by atoms with Crippen LogP contribution in [0, 0.1) is 3.57 Å². The minimum absolute atomic E-state index is 0.00696. The molecule has 15 heteroatoms. The molecule has 0 radical (unpaired) electrons. The normalized spacial score (nSPS) is 21.3. The molecule has 4 rings (SSSR count). The highest BCUT2D eigenvalue weighted by atomic mass is 127. The molecule has 0 saturated carbocycles. The Morgan fingerprint density at radius 1 is 1.02 bits per heavy atom. The van der Waals surface area contributed by atoms with Crippen molar-refractivity contribution in [3.63, 3.8) is 0 Å². The van der Waals surface area contributed by atoms with E-state index >= 15 is 0 Å². The first kappa shape index (κ1) is 31.5. The van der Waals surface area contributed by atoms with Crippen LogP contribution in [-0.2, 0) is 39.8 Å². The maximum atomic E-state index is 13.4. The third-order valence-corrected chi connectivity index (χ3v) is 7.60. The summed E-state index contributed by atoms with van der Waals surface area (Å²) in [6.45, 7) is -0.495. The number of rotatable bonds is 8. The van der Waals surface area contributed by atoms with Gasteiger partial charge in [0.25, 0.3) is 0 Å². The topological polar surface area (TPSA) is 99.3 Å². The molecule has 1 unspecified atom stereocenters. The van der Waals surface area contributed by atoms with Gasteiger partial charge >= 0.3 is 12.4 Å². The maximum Gasteiger partial charge on any atom is 0.416 e. The maximum absolute atomic E-state index is 13.4. The predicted octanol–water partition coefficient (Wildman–Crippen LogP) is 3.74. The van der Waals surface area contributed by atoms with Gasteiger partial charge < -0.3 is 25.4 Å². The quantitative estimate of drug-likeness (QED) is 0.248. The summed E-state index contributed by atoms with van der Waals surface area (Å²) in [5.41, 5.74) is 3.12. The first-order valence-corrected chi connectivity index (χ1v) is 13.6. The van der Waals surface area contributed by atoms with Crippen molar-refractivity contribution in [3.05, 3.63) is 68.3 Å². The van der Waals surface area contributed by atoms with E-state index in [-0.39, 0.29) is 56.9 Å². The van der Waals surface area contributed by atoms with E-state index in [2.05, 4.69) is 22.6 Å². The van der Waals surface area contributed by atoms with Crippen LogP contribution in [0.2, 0.25) is 0 Å². The zero-order valence-electron chi connectivity index (χ0n) is 21.5. The summed E-state index contributed by atoms with van der Waals surface area (Å²) < 4.78 is 85.8. The van der Waals surface area contributed by atoms with Crippen molar-refractivity contribution in [1.82, 2.24) is 14.7 Å². The molecule has 3 N–H and O–H groups in total. The molecule has 0 aromatic heterocycles. The molecule has 0 aliphatic carbocycles. The summed E-state index contributed by atoms with van der Waals surface area (Å²) in [6.07, 6.45) is -12.7. The molecule has 3 atom stereocenters. The highest BCUT2D eigenvalue weighted by molar-refractivity contribution is 14.1. The smallest absolute Gasteiger partial charge is 0.356 e. The minimum atomic E-state index is -5.03. The van der Waals surface area contributed by atoms with E-state index < -0.39 is 54.3 Å². The zero-order valence-corrected chi connectivity index (χ0v) is 23.6. The monoisotopic (exact) mass is 700 g/mol. The number of piperazine rings is 1. The second-order valence-corrected chi connectivity index (χ2v) is 11.0. The Labute approximate surface area is 245 Å². The Hall–Kier alpha value is -2.47. The molecule has 2 aromatic carbocycles. The van der Waals surface area contributed by atoms with E-state index in [4.69, 9.17) is 10.5 Å². The number of nitrogens with two attached hydrogens (primary N) is 1. The van der Waals surface area contributed by atoms with Crippen LogP contribution in [0.1, 0.15) is 35.1 Å². The number of hydrogen-bond acceptors (Lipinski definition) is 6. The Balaban J connectivity index is 1.57. The average Bonchev–Trinajstić information content (AvgIpc) is 2.88. The number of hydrogen-bond donors (Lipinski definition) is 2. The van der Waals surface area contributed by atoms with Gasteiger partial charge in [-0.2, -0.15) is 26.3 Å². The van der Waals surface area contributed by atoms with Crippen molar-refractivity contribution in [2.45, 2.75) is 57.0 Å². The predicted molar refractivity (Wildman–Crippen MR) is 141 cm³/mol. The number of nitrogens with zero attached hydrogens (tertiary/aromatic N) is 3. The fourth-order valence-corrected chi connectivity index (χ4v) is 5.67. The number of carbonyl (C=O) groups excluding carboxylic acids is 2. The van der Waals surface area contributed by atoms with Crippen LogP contribution >= 0.6 is 22.6 Å². The lowest BCUT2D eigenvalue weighted by atomic mass is 10.0. The van der Waals surface area contributed by atoms with Crippen LogP contribution in [0.3, 0.4) is 0 Å². The van der Waals surface area contributed by atoms with Gasteiger partial charge in [-0.05, 0) is 77.0 Å². The molecule has 2 heterocycles. The lowest BCUT2D eigenvalue weighted by Gasteiger charge is -2.53. The number of carbonyl (C=O) groups is 2. The van der Waals surface area contributed by atoms with Crippen LogP contribution in [0.4, 0.5) is 26.3 Å². The molecule has 224 valence electrons. The van der Waals surface area contributed by atoms with Crippen LogP contribution < -0.4 is 5.73 Å². The van der Waals surface area contributed by atoms with Gasteiger partial charge in [0.2, 0.25) is 18.2 Å². The van der Waals surface area contributed by atoms with Gasteiger partial charge in [0.1, 0.15) is 12.2 Å². The lowest BCUT2D eigenvalue weighted by Crippen LogP contribution is -2.72. The van der Waals surface area contributed by atoms with E-state index in [1.165, 1.54) is 14.7 Å². The first-order valence-electron chi connectivity index (χ1n) is 12.6. The summed E-state index contributed by atoms with van der Waals surface area (Å²) in [4.78, 5) is 30.6. The molecule has 2 amide bonds. The molecule has 2 saturated heterocycles. The summed E-state index contributed by atoms with van der Waals surface area (Å²) >= 11 is 2.14. The number of ether oxygens (including phenoxy) is 1. The standard InChI is InChI=1S/C26H27F6IN4O4/c27-25(28,29)17-8-16(9-18(11-17)26(30,31)32)14-41-24(40)36-7-5-22(38)37-20(4-6-34)23(39)35(13-21(36)37)12-15-2-1-3-19(33)10-15/h1-3,8-11,20-21,24,40H,4-7,12-14,34H2/t20-,21+,24?/m0/s1. The molecule has 2 aliphatic rings. The summed E-state index contributed by atoms with van der Waals surface area (Å²) in [5.74, 6) is -0.660. The second-order valence-electron chi connectivity index (χ2n) is 9.76. The van der Waals surface area contributed by atoms with Crippen LogP contribution in [0.15, 0.2) is 42.5 Å². The number of benzene rings is 2. The zero-order chi connectivity index (χ0) is 30.1. The molecule has 0 spiro atoms. The Morgan fingerprint density at radius 2 is 1.68 bits per heavy atom. The van der Waals surface area contributed by atoms with Crippen LogP contribution in [0.5, 0.6) is 0 Å². The number of fused-ring (bicyclic) bond motifs is 1. The summed E-state index contributed by atoms with van der Waals surface area (Å²) in [6, 6.07) is 7.59. The van der Waals surface area contributed by atoms with E-state index in [0.717, 1.165) is 9.13 Å². The first-order chi connectivity index (χ1) is 19.2. The van der Waals surface area contributed by atoms with Crippen molar-refractivity contribution in [2.75, 3.05) is 19.6 Å². The molecule has 0 bridgehead atoms. The van der Waals surface area contributed by atoms with Crippen molar-refractivity contribution in [2.24, 2.45) is 5.73 Å². The third kappa shape index (κ3) is 7.31. The second kappa shape index (κ2) is 12.4. The number of aliphatic hydroxyl groups is 1. The van der Waals surface area contributed by atoms with E-state index in [9.17, 15) is 41.0 Å². The van der Waals surface area contributed by atoms with Gasteiger partial charge in [-0.1, -0.05) is 12.1 Å².